The summed E-state index contributed by atoms with van der Waals surface area (Å²) in [5.74, 6) is 0.586. The molecule has 3 aliphatic rings. The van der Waals surface area contributed by atoms with Gasteiger partial charge < -0.3 is 10.6 Å². The van der Waals surface area contributed by atoms with E-state index in [2.05, 4.69) is 32.7 Å². The number of hydrogen-bond donors (Lipinski definition) is 2. The maximum atomic E-state index is 12.8. The van der Waals surface area contributed by atoms with Gasteiger partial charge in [0.25, 0.3) is 0 Å². The summed E-state index contributed by atoms with van der Waals surface area (Å²) in [6.07, 6.45) is 6.06. The first-order chi connectivity index (χ1) is 14.6. The molecular weight excluding hydrogens is 376 g/mol. The lowest BCUT2D eigenvalue weighted by molar-refractivity contribution is -0.121. The first kappa shape index (κ1) is 17.3. The van der Waals surface area contributed by atoms with Crippen molar-refractivity contribution in [2.75, 3.05) is 10.6 Å². The molecule has 0 radical (unpaired) electrons. The molecule has 0 saturated heterocycles. The van der Waals surface area contributed by atoms with E-state index in [1.165, 1.54) is 11.1 Å². The number of benzene rings is 1. The zero-order valence-corrected chi connectivity index (χ0v) is 16.3. The molecule has 3 aromatic rings. The number of anilines is 2. The molecular formula is C24H20N4O2. The molecule has 1 aromatic carbocycles. The molecule has 1 atom stereocenters. The summed E-state index contributed by atoms with van der Waals surface area (Å²) < 4.78 is 0. The van der Waals surface area contributed by atoms with Crippen molar-refractivity contribution in [2.45, 2.75) is 31.1 Å². The van der Waals surface area contributed by atoms with Crippen molar-refractivity contribution < 1.29 is 9.59 Å². The molecule has 2 aromatic heterocycles. The second-order valence-electron chi connectivity index (χ2n) is 8.48. The number of nitrogens with zero attached hydrogens (tertiary/aromatic N) is 2. The molecule has 2 amide bonds. The molecule has 148 valence electrons. The van der Waals surface area contributed by atoms with Crippen LogP contribution in [-0.4, -0.2) is 21.8 Å². The summed E-state index contributed by atoms with van der Waals surface area (Å²) in [5, 5.41) is 5.95. The maximum absolute atomic E-state index is 12.8. The van der Waals surface area contributed by atoms with E-state index < -0.39 is 5.41 Å². The van der Waals surface area contributed by atoms with Crippen molar-refractivity contribution in [1.29, 1.82) is 0 Å². The van der Waals surface area contributed by atoms with Crippen LogP contribution in [0.5, 0.6) is 0 Å². The Morgan fingerprint density at radius 1 is 1.03 bits per heavy atom. The van der Waals surface area contributed by atoms with Gasteiger partial charge in [-0.2, -0.15) is 0 Å². The van der Waals surface area contributed by atoms with Crippen molar-refractivity contribution in [3.8, 4) is 0 Å². The van der Waals surface area contributed by atoms with E-state index in [-0.39, 0.29) is 17.7 Å². The highest BCUT2D eigenvalue weighted by atomic mass is 16.2. The van der Waals surface area contributed by atoms with Crippen LogP contribution in [-0.2, 0) is 40.7 Å². The van der Waals surface area contributed by atoms with E-state index in [0.717, 1.165) is 29.7 Å². The highest BCUT2D eigenvalue weighted by Crippen LogP contribution is 2.46. The minimum Gasteiger partial charge on any atom is -0.324 e. The molecule has 6 rings (SSSR count). The highest BCUT2D eigenvalue weighted by Gasteiger charge is 2.51. The van der Waals surface area contributed by atoms with Crippen LogP contribution in [0.1, 0.15) is 27.9 Å². The quantitative estimate of drug-likeness (QED) is 0.698. The summed E-state index contributed by atoms with van der Waals surface area (Å²) in [6.45, 7) is 0. The number of nitrogens with one attached hydrogen (secondary N) is 2. The molecule has 2 aliphatic carbocycles. The minimum absolute atomic E-state index is 0.0221. The number of carbonyl (C=O) groups excluding carboxylic acids is 2. The SMILES string of the molecule is O=C(Nc1cnc2c(c1)CC1(C2)C(=O)Nc2ncccc21)C1Cc2ccccc2C1. The Bertz CT molecular complexity index is 1200. The van der Waals surface area contributed by atoms with Crippen LogP contribution in [0.4, 0.5) is 11.5 Å². The lowest BCUT2D eigenvalue weighted by Gasteiger charge is -2.19. The van der Waals surface area contributed by atoms with E-state index in [1.54, 1.807) is 12.4 Å². The maximum Gasteiger partial charge on any atom is 0.237 e. The molecule has 6 heteroatoms. The molecule has 2 N–H and O–H groups in total. The van der Waals surface area contributed by atoms with Gasteiger partial charge in [-0.3, -0.25) is 14.6 Å². The van der Waals surface area contributed by atoms with Gasteiger partial charge in [0.05, 0.1) is 17.3 Å². The van der Waals surface area contributed by atoms with Crippen molar-refractivity contribution >= 4 is 23.3 Å². The van der Waals surface area contributed by atoms with Gasteiger partial charge in [0, 0.05) is 29.8 Å². The largest absolute Gasteiger partial charge is 0.324 e. The van der Waals surface area contributed by atoms with E-state index >= 15 is 0 Å². The van der Waals surface area contributed by atoms with Gasteiger partial charge in [0.15, 0.2) is 0 Å². The Kier molecular flexibility index (Phi) is 3.60. The summed E-state index contributed by atoms with van der Waals surface area (Å²) in [4.78, 5) is 34.5. The molecule has 1 unspecified atom stereocenters. The third kappa shape index (κ3) is 2.49. The van der Waals surface area contributed by atoms with Gasteiger partial charge >= 0.3 is 0 Å². The number of aromatic nitrogens is 2. The van der Waals surface area contributed by atoms with Crippen LogP contribution in [0, 0.1) is 5.92 Å². The third-order valence-corrected chi connectivity index (χ3v) is 6.70. The van der Waals surface area contributed by atoms with Crippen LogP contribution in [0.3, 0.4) is 0 Å². The van der Waals surface area contributed by atoms with Crippen LogP contribution < -0.4 is 10.6 Å². The van der Waals surface area contributed by atoms with E-state index in [9.17, 15) is 9.59 Å². The standard InChI is InChI=1S/C24H20N4O2/c29-22(16-8-14-4-1-2-5-15(14)9-16)27-18-10-17-11-24(12-20(17)26-13-18)19-6-3-7-25-21(19)28-23(24)30/h1-7,10,13,16H,8-9,11-12H2,(H,27,29)(H,25,28,30). The van der Waals surface area contributed by atoms with E-state index in [0.29, 0.717) is 24.3 Å². The number of pyridine rings is 2. The molecule has 0 fully saturated rings. The van der Waals surface area contributed by atoms with Gasteiger partial charge in [0.1, 0.15) is 5.82 Å². The monoisotopic (exact) mass is 396 g/mol. The molecule has 3 heterocycles. The number of rotatable bonds is 2. The van der Waals surface area contributed by atoms with Crippen molar-refractivity contribution in [3.63, 3.8) is 0 Å². The van der Waals surface area contributed by atoms with Crippen LogP contribution >= 0.6 is 0 Å². The predicted octanol–water partition coefficient (Wildman–Crippen LogP) is 2.82. The number of fused-ring (bicyclic) bond motifs is 4. The normalized spacial score (nSPS) is 21.3. The smallest absolute Gasteiger partial charge is 0.237 e. The highest BCUT2D eigenvalue weighted by molar-refractivity contribution is 6.06. The lowest BCUT2D eigenvalue weighted by Crippen LogP contribution is -2.35. The van der Waals surface area contributed by atoms with E-state index in [1.807, 2.05) is 30.3 Å². The summed E-state index contributed by atoms with van der Waals surface area (Å²) >= 11 is 0. The Hall–Kier alpha value is -3.54. The second kappa shape index (κ2) is 6.23. The zero-order valence-electron chi connectivity index (χ0n) is 16.3. The molecule has 1 spiro atoms. The average molecular weight is 396 g/mol. The topological polar surface area (TPSA) is 84.0 Å². The zero-order chi connectivity index (χ0) is 20.3. The molecule has 0 saturated carbocycles. The van der Waals surface area contributed by atoms with Crippen LogP contribution in [0.2, 0.25) is 0 Å². The van der Waals surface area contributed by atoms with Crippen LogP contribution in [0.15, 0.2) is 54.9 Å². The van der Waals surface area contributed by atoms with Crippen LogP contribution in [0.25, 0.3) is 0 Å². The molecule has 30 heavy (non-hydrogen) atoms. The molecule has 1 aliphatic heterocycles. The Labute approximate surface area is 173 Å². The summed E-state index contributed by atoms with van der Waals surface area (Å²) in [7, 11) is 0. The van der Waals surface area contributed by atoms with Gasteiger partial charge in [0.2, 0.25) is 11.8 Å². The minimum atomic E-state index is -0.644. The first-order valence-corrected chi connectivity index (χ1v) is 10.2. The van der Waals surface area contributed by atoms with Gasteiger partial charge in [-0.25, -0.2) is 4.98 Å². The fourth-order valence-electron chi connectivity index (χ4n) is 5.17. The van der Waals surface area contributed by atoms with E-state index in [4.69, 9.17) is 0 Å². The first-order valence-electron chi connectivity index (χ1n) is 10.2. The molecule has 0 bridgehead atoms. The fourth-order valence-corrected chi connectivity index (χ4v) is 5.17. The summed E-state index contributed by atoms with van der Waals surface area (Å²) in [5.41, 5.74) is 5.41. The Morgan fingerprint density at radius 3 is 2.63 bits per heavy atom. The number of carbonyl (C=O) groups is 2. The van der Waals surface area contributed by atoms with Gasteiger partial charge in [-0.15, -0.1) is 0 Å². The average Bonchev–Trinajstić information content (AvgIpc) is 3.42. The second-order valence-corrected chi connectivity index (χ2v) is 8.48. The number of amides is 2. The van der Waals surface area contributed by atoms with Gasteiger partial charge in [-0.05, 0) is 48.1 Å². The van der Waals surface area contributed by atoms with Crippen molar-refractivity contribution in [3.05, 3.63) is 82.8 Å². The fraction of sp³-hybridized carbons (Fsp3) is 0.250. The number of hydrogen-bond acceptors (Lipinski definition) is 4. The summed E-state index contributed by atoms with van der Waals surface area (Å²) in [6, 6.07) is 14.0. The Balaban J connectivity index is 1.23. The molecule has 6 nitrogen and oxygen atoms in total. The van der Waals surface area contributed by atoms with Crippen molar-refractivity contribution in [2.24, 2.45) is 5.92 Å². The Morgan fingerprint density at radius 2 is 1.83 bits per heavy atom. The van der Waals surface area contributed by atoms with Crippen molar-refractivity contribution in [1.82, 2.24) is 9.97 Å². The predicted molar refractivity (Wildman–Crippen MR) is 112 cm³/mol. The third-order valence-electron chi connectivity index (χ3n) is 6.70. The van der Waals surface area contributed by atoms with Gasteiger partial charge in [-0.1, -0.05) is 30.3 Å². The lowest BCUT2D eigenvalue weighted by atomic mass is 9.80.